The van der Waals surface area contributed by atoms with Gasteiger partial charge in [0.2, 0.25) is 0 Å². The normalized spacial score (nSPS) is 14.3. The van der Waals surface area contributed by atoms with E-state index in [1.165, 1.54) is 0 Å². The highest BCUT2D eigenvalue weighted by molar-refractivity contribution is 6.05. The first kappa shape index (κ1) is 19.3. The molecule has 0 aromatic carbocycles. The smallest absolute Gasteiger partial charge is 0.290 e. The molecule has 9 nitrogen and oxygen atoms in total. The number of amidine groups is 1. The largest absolute Gasteiger partial charge is 0.483 e. The molecule has 0 spiro atoms. The molecular formula is C19H21N5O4. The molecule has 1 aliphatic heterocycles. The van der Waals surface area contributed by atoms with Crippen molar-refractivity contribution in [1.82, 2.24) is 14.8 Å². The number of carboxylic acid groups (broad SMARTS) is 1. The summed E-state index contributed by atoms with van der Waals surface area (Å²) in [5.74, 6) is 0.652. The third-order valence-corrected chi connectivity index (χ3v) is 4.14. The van der Waals surface area contributed by atoms with Gasteiger partial charge in [0.15, 0.2) is 11.6 Å². The van der Waals surface area contributed by atoms with Crippen molar-refractivity contribution < 1.29 is 19.1 Å². The third-order valence-electron chi connectivity index (χ3n) is 4.14. The van der Waals surface area contributed by atoms with Crippen molar-refractivity contribution >= 4 is 18.0 Å². The van der Waals surface area contributed by atoms with Crippen molar-refractivity contribution in [2.45, 2.75) is 13.5 Å². The van der Waals surface area contributed by atoms with E-state index in [4.69, 9.17) is 29.6 Å². The monoisotopic (exact) mass is 383 g/mol. The average Bonchev–Trinajstić information content (AvgIpc) is 3.32. The number of nitrogens with zero attached hydrogens (tertiary/aromatic N) is 3. The van der Waals surface area contributed by atoms with Crippen molar-refractivity contribution in [1.29, 1.82) is 5.41 Å². The first-order valence-corrected chi connectivity index (χ1v) is 8.58. The maximum Gasteiger partial charge on any atom is 0.290 e. The first-order chi connectivity index (χ1) is 13.5. The summed E-state index contributed by atoms with van der Waals surface area (Å²) in [6.07, 6.45) is 5.19. The molecule has 28 heavy (non-hydrogen) atoms. The van der Waals surface area contributed by atoms with Crippen LogP contribution in [0, 0.1) is 10.8 Å². The van der Waals surface area contributed by atoms with Gasteiger partial charge in [-0.2, -0.15) is 5.10 Å². The second-order valence-corrected chi connectivity index (χ2v) is 6.69. The molecule has 4 heterocycles. The van der Waals surface area contributed by atoms with Gasteiger partial charge in [0, 0.05) is 17.8 Å². The van der Waals surface area contributed by atoms with E-state index in [1.54, 1.807) is 24.6 Å². The van der Waals surface area contributed by atoms with Gasteiger partial charge in [-0.3, -0.25) is 19.9 Å². The first-order valence-electron chi connectivity index (χ1n) is 8.58. The molecule has 0 aliphatic carbocycles. The zero-order valence-corrected chi connectivity index (χ0v) is 15.3. The molecule has 4 rings (SSSR count). The van der Waals surface area contributed by atoms with Gasteiger partial charge in [-0.1, -0.05) is 13.0 Å². The van der Waals surface area contributed by atoms with Crippen molar-refractivity contribution in [3.05, 3.63) is 54.7 Å². The third kappa shape index (κ3) is 4.44. The number of rotatable bonds is 5. The van der Waals surface area contributed by atoms with Crippen molar-refractivity contribution in [2.24, 2.45) is 5.41 Å². The van der Waals surface area contributed by atoms with Gasteiger partial charge in [0.1, 0.15) is 5.69 Å². The lowest BCUT2D eigenvalue weighted by atomic mass is 9.89. The van der Waals surface area contributed by atoms with Crippen LogP contribution in [0.2, 0.25) is 0 Å². The molecule has 0 unspecified atom stereocenters. The van der Waals surface area contributed by atoms with E-state index >= 15 is 0 Å². The summed E-state index contributed by atoms with van der Waals surface area (Å²) >= 11 is 0. The Balaban J connectivity index is 0.000000706. The van der Waals surface area contributed by atoms with Crippen LogP contribution < -0.4 is 5.32 Å². The van der Waals surface area contributed by atoms with Gasteiger partial charge < -0.3 is 19.6 Å². The quantitative estimate of drug-likeness (QED) is 0.351. The van der Waals surface area contributed by atoms with Crippen LogP contribution in [0.25, 0.3) is 11.4 Å². The van der Waals surface area contributed by atoms with Crippen LogP contribution in [0.1, 0.15) is 12.7 Å². The predicted molar refractivity (Wildman–Crippen MR) is 102 cm³/mol. The van der Waals surface area contributed by atoms with Crippen LogP contribution in [0.4, 0.5) is 5.69 Å². The van der Waals surface area contributed by atoms with Gasteiger partial charge >= 0.3 is 0 Å². The van der Waals surface area contributed by atoms with Gasteiger partial charge in [-0.25, -0.2) is 0 Å². The Kier molecular flexibility index (Phi) is 5.85. The lowest BCUT2D eigenvalue weighted by Gasteiger charge is -2.37. The van der Waals surface area contributed by atoms with Crippen LogP contribution in [0.5, 0.6) is 0 Å². The fourth-order valence-corrected chi connectivity index (χ4v) is 2.84. The van der Waals surface area contributed by atoms with Crippen LogP contribution in [-0.4, -0.2) is 45.4 Å². The summed E-state index contributed by atoms with van der Waals surface area (Å²) < 4.78 is 12.5. The Labute approximate surface area is 161 Å². The fraction of sp³-hybridized carbons (Fsp3) is 0.263. The summed E-state index contributed by atoms with van der Waals surface area (Å²) in [5, 5.41) is 22.9. The minimum absolute atomic E-state index is 0.0964. The molecule has 9 heteroatoms. The maximum absolute atomic E-state index is 8.36. The molecule has 3 aromatic rings. The highest BCUT2D eigenvalue weighted by Crippen LogP contribution is 2.31. The number of pyridine rings is 1. The van der Waals surface area contributed by atoms with E-state index in [0.29, 0.717) is 11.5 Å². The minimum atomic E-state index is -0.250. The number of hydrogen-bond donors (Lipinski definition) is 3. The van der Waals surface area contributed by atoms with E-state index < -0.39 is 0 Å². The van der Waals surface area contributed by atoms with Gasteiger partial charge in [-0.05, 0) is 24.3 Å². The van der Waals surface area contributed by atoms with Crippen molar-refractivity contribution in [2.75, 3.05) is 18.5 Å². The van der Waals surface area contributed by atoms with Gasteiger partial charge in [0.25, 0.3) is 6.47 Å². The van der Waals surface area contributed by atoms with Gasteiger partial charge in [0.05, 0.1) is 37.4 Å². The SMILES string of the molecule is CC1(Cn2cc(NC(=N)c3ccco3)c(-c3ccccn3)n2)COC1.O=CO. The fourth-order valence-electron chi connectivity index (χ4n) is 2.84. The van der Waals surface area contributed by atoms with E-state index in [0.717, 1.165) is 31.1 Å². The predicted octanol–water partition coefficient (Wildman–Crippen LogP) is 2.71. The molecule has 0 saturated carbocycles. The van der Waals surface area contributed by atoms with Crippen molar-refractivity contribution in [3.63, 3.8) is 0 Å². The Morgan fingerprint density at radius 2 is 2.18 bits per heavy atom. The Morgan fingerprint density at radius 1 is 1.39 bits per heavy atom. The molecule has 146 valence electrons. The Hall–Kier alpha value is -3.46. The molecule has 1 saturated heterocycles. The number of carbonyl (C=O) groups is 1. The topological polar surface area (TPSA) is 126 Å². The second kappa shape index (κ2) is 8.49. The van der Waals surface area contributed by atoms with Crippen LogP contribution in [0.15, 0.2) is 53.4 Å². The average molecular weight is 383 g/mol. The Morgan fingerprint density at radius 3 is 2.75 bits per heavy atom. The molecule has 3 N–H and O–H groups in total. The summed E-state index contributed by atoms with van der Waals surface area (Å²) in [6.45, 7) is 4.15. The minimum Gasteiger partial charge on any atom is -0.483 e. The lowest BCUT2D eigenvalue weighted by Crippen LogP contribution is -2.43. The molecule has 1 fully saturated rings. The zero-order valence-electron chi connectivity index (χ0n) is 15.3. The highest BCUT2D eigenvalue weighted by atomic mass is 16.5. The summed E-state index contributed by atoms with van der Waals surface area (Å²) in [5.41, 5.74) is 2.29. The summed E-state index contributed by atoms with van der Waals surface area (Å²) in [6, 6.07) is 9.19. The number of nitrogens with one attached hydrogen (secondary N) is 2. The molecule has 3 aromatic heterocycles. The zero-order chi connectivity index (χ0) is 20.0. The van der Waals surface area contributed by atoms with E-state index in [9.17, 15) is 0 Å². The maximum atomic E-state index is 8.36. The van der Waals surface area contributed by atoms with E-state index in [-0.39, 0.29) is 17.7 Å². The van der Waals surface area contributed by atoms with Crippen molar-refractivity contribution in [3.8, 4) is 11.4 Å². The molecule has 0 radical (unpaired) electrons. The molecule has 0 amide bonds. The van der Waals surface area contributed by atoms with E-state index in [2.05, 4.69) is 17.2 Å². The van der Waals surface area contributed by atoms with Crippen LogP contribution >= 0.6 is 0 Å². The number of anilines is 1. The second-order valence-electron chi connectivity index (χ2n) is 6.69. The number of aromatic nitrogens is 3. The lowest BCUT2D eigenvalue weighted by molar-refractivity contribution is -0.122. The highest BCUT2D eigenvalue weighted by Gasteiger charge is 2.34. The van der Waals surface area contributed by atoms with E-state index in [1.807, 2.05) is 29.1 Å². The number of hydrogen-bond acceptors (Lipinski definition) is 6. The molecular weight excluding hydrogens is 362 g/mol. The molecule has 1 aliphatic rings. The summed E-state index contributed by atoms with van der Waals surface area (Å²) in [4.78, 5) is 12.8. The number of furan rings is 1. The Bertz CT molecular complexity index is 917. The molecule has 0 atom stereocenters. The van der Waals surface area contributed by atoms with Crippen LogP contribution in [-0.2, 0) is 16.1 Å². The van der Waals surface area contributed by atoms with Crippen LogP contribution in [0.3, 0.4) is 0 Å². The number of ether oxygens (including phenoxy) is 1. The standard InChI is InChI=1S/C18H19N5O2.CH2O2/c1-18(11-24-12-18)10-23-9-14(21-17(19)15-6-4-8-25-15)16(22-23)13-5-2-3-7-20-13;2-1-3/h2-9H,10-12H2,1H3,(H2,19,21);1H,(H,2,3). The summed E-state index contributed by atoms with van der Waals surface area (Å²) in [7, 11) is 0. The van der Waals surface area contributed by atoms with Gasteiger partial charge in [-0.15, -0.1) is 0 Å². The molecule has 0 bridgehead atoms.